The fraction of sp³-hybridized carbons (Fsp3) is 0.474. The zero-order valence-corrected chi connectivity index (χ0v) is 27.7. The van der Waals surface area contributed by atoms with Crippen molar-refractivity contribution in [3.63, 3.8) is 0 Å². The van der Waals surface area contributed by atoms with E-state index in [1.807, 2.05) is 36.4 Å². The molecule has 9 heteroatoms. The Morgan fingerprint density at radius 1 is 0.872 bits per heavy atom. The zero-order valence-electron chi connectivity index (χ0n) is 27.7. The quantitative estimate of drug-likeness (QED) is 0.205. The number of morpholine rings is 1. The van der Waals surface area contributed by atoms with E-state index in [9.17, 15) is 14.7 Å². The van der Waals surface area contributed by atoms with Gasteiger partial charge in [-0.2, -0.15) is 0 Å². The van der Waals surface area contributed by atoms with Crippen LogP contribution in [0.4, 0.5) is 0 Å². The first-order valence-electron chi connectivity index (χ1n) is 16.9. The first-order valence-corrected chi connectivity index (χ1v) is 16.9. The van der Waals surface area contributed by atoms with E-state index in [2.05, 4.69) is 58.9 Å². The number of carbonyl (C=O) groups excluding carboxylic acids is 2. The van der Waals surface area contributed by atoms with Crippen LogP contribution in [0.2, 0.25) is 0 Å². The predicted octanol–water partition coefficient (Wildman–Crippen LogP) is 5.28. The van der Waals surface area contributed by atoms with Gasteiger partial charge < -0.3 is 30.0 Å². The minimum absolute atomic E-state index is 0.0106. The molecule has 2 amide bonds. The lowest BCUT2D eigenvalue weighted by molar-refractivity contribution is -0.277. The summed E-state index contributed by atoms with van der Waals surface area (Å²) in [5.74, 6) is 0.131. The van der Waals surface area contributed by atoms with Gasteiger partial charge in [0.25, 0.3) is 0 Å². The number of hydrogen-bond acceptors (Lipinski definition) is 7. The van der Waals surface area contributed by atoms with Crippen LogP contribution < -0.4 is 10.6 Å². The molecule has 3 aromatic rings. The molecular formula is C38H49N3O6. The van der Waals surface area contributed by atoms with E-state index < -0.39 is 6.29 Å². The molecule has 0 unspecified atom stereocenters. The van der Waals surface area contributed by atoms with Crippen LogP contribution in [-0.2, 0) is 37.0 Å². The molecule has 0 saturated carbocycles. The van der Waals surface area contributed by atoms with Gasteiger partial charge in [0.1, 0.15) is 0 Å². The third kappa shape index (κ3) is 9.95. The van der Waals surface area contributed by atoms with Crippen molar-refractivity contribution in [3.05, 3.63) is 95.1 Å². The van der Waals surface area contributed by atoms with E-state index in [-0.39, 0.29) is 36.5 Å². The second kappa shape index (κ2) is 17.5. The van der Waals surface area contributed by atoms with Crippen LogP contribution in [0.3, 0.4) is 0 Å². The number of unbranched alkanes of at least 4 members (excludes halogenated alkanes) is 2. The number of carbonyl (C=O) groups is 2. The first-order chi connectivity index (χ1) is 22.9. The van der Waals surface area contributed by atoms with Crippen LogP contribution in [0.1, 0.15) is 74.2 Å². The third-order valence-corrected chi connectivity index (χ3v) is 9.11. The summed E-state index contributed by atoms with van der Waals surface area (Å²) in [7, 11) is 0. The van der Waals surface area contributed by atoms with Gasteiger partial charge >= 0.3 is 0 Å². The molecule has 2 fully saturated rings. The van der Waals surface area contributed by atoms with Gasteiger partial charge in [0, 0.05) is 57.5 Å². The van der Waals surface area contributed by atoms with E-state index in [0.717, 1.165) is 85.5 Å². The molecule has 0 aliphatic carbocycles. The maximum absolute atomic E-state index is 12.5. The minimum Gasteiger partial charge on any atom is -0.392 e. The highest BCUT2D eigenvalue weighted by atomic mass is 16.7. The molecule has 47 heavy (non-hydrogen) atoms. The highest BCUT2D eigenvalue weighted by Gasteiger charge is 2.39. The molecule has 5 rings (SSSR count). The highest BCUT2D eigenvalue weighted by Crippen LogP contribution is 2.42. The van der Waals surface area contributed by atoms with Crippen molar-refractivity contribution in [2.45, 2.75) is 71.2 Å². The summed E-state index contributed by atoms with van der Waals surface area (Å²) in [6, 6.07) is 24.5. The molecule has 2 aliphatic rings. The Labute approximate surface area is 278 Å². The van der Waals surface area contributed by atoms with Gasteiger partial charge in [-0.25, -0.2) is 0 Å². The van der Waals surface area contributed by atoms with Gasteiger partial charge in [0.15, 0.2) is 6.29 Å². The molecular weight excluding hydrogens is 594 g/mol. The van der Waals surface area contributed by atoms with E-state index in [0.29, 0.717) is 19.5 Å². The number of hydrogen-bond donors (Lipinski definition) is 3. The molecule has 3 N–H and O–H groups in total. The molecule has 0 radical (unpaired) electrons. The zero-order chi connectivity index (χ0) is 33.0. The topological polar surface area (TPSA) is 109 Å². The lowest BCUT2D eigenvalue weighted by Crippen LogP contribution is -2.47. The molecule has 2 saturated heterocycles. The summed E-state index contributed by atoms with van der Waals surface area (Å²) in [5, 5.41) is 15.4. The standard InChI is InChI=1S/C38H49N3O6/c1-27-35(25-41-20-22-45-23-21-41)46-38(47-37(27)31-13-11-29(26-42)12-14-31)32-17-15-30(16-18-32)34-9-6-5-8-33(34)24-40-36(44)10-4-3-7-19-39-28(2)43/h5-6,8-9,11-18,27,35,37-38,42H,3-4,7,10,19-26H2,1-2H3,(H,39,43)(H,40,44)/t27-,35+,37+,38+/m1/s1. The van der Waals surface area contributed by atoms with Crippen molar-refractivity contribution in [2.24, 2.45) is 5.92 Å². The Balaban J connectivity index is 1.24. The fourth-order valence-electron chi connectivity index (χ4n) is 6.28. The first kappa shape index (κ1) is 34.7. The molecule has 252 valence electrons. The van der Waals surface area contributed by atoms with Gasteiger partial charge in [0.05, 0.1) is 32.0 Å². The average Bonchev–Trinajstić information content (AvgIpc) is 3.10. The summed E-state index contributed by atoms with van der Waals surface area (Å²) >= 11 is 0. The second-order valence-electron chi connectivity index (χ2n) is 12.6. The van der Waals surface area contributed by atoms with Crippen molar-refractivity contribution in [2.75, 3.05) is 39.4 Å². The lowest BCUT2D eigenvalue weighted by Gasteiger charge is -2.43. The number of aliphatic hydroxyl groups is 1. The van der Waals surface area contributed by atoms with Crippen LogP contribution >= 0.6 is 0 Å². The maximum Gasteiger partial charge on any atom is 0.220 e. The van der Waals surface area contributed by atoms with Crippen LogP contribution in [0.25, 0.3) is 11.1 Å². The van der Waals surface area contributed by atoms with Crippen molar-refractivity contribution >= 4 is 11.8 Å². The molecule has 3 aromatic carbocycles. The largest absolute Gasteiger partial charge is 0.392 e. The number of nitrogens with zero attached hydrogens (tertiary/aromatic N) is 1. The van der Waals surface area contributed by atoms with E-state index >= 15 is 0 Å². The van der Waals surface area contributed by atoms with Gasteiger partial charge in [-0.3, -0.25) is 14.5 Å². The second-order valence-corrected chi connectivity index (χ2v) is 12.6. The Hall–Kier alpha value is -3.60. The Kier molecular flexibility index (Phi) is 12.9. The normalized spacial score (nSPS) is 21.7. The number of aliphatic hydroxyl groups excluding tert-OH is 1. The highest BCUT2D eigenvalue weighted by molar-refractivity contribution is 5.76. The number of benzene rings is 3. The van der Waals surface area contributed by atoms with E-state index in [1.54, 1.807) is 0 Å². The predicted molar refractivity (Wildman–Crippen MR) is 181 cm³/mol. The number of nitrogens with one attached hydrogen (secondary N) is 2. The Bertz CT molecular complexity index is 1420. The molecule has 2 aliphatic heterocycles. The third-order valence-electron chi connectivity index (χ3n) is 9.11. The maximum atomic E-state index is 12.5. The van der Waals surface area contributed by atoms with E-state index in [1.165, 1.54) is 6.92 Å². The monoisotopic (exact) mass is 643 g/mol. The smallest absolute Gasteiger partial charge is 0.220 e. The molecule has 9 nitrogen and oxygen atoms in total. The van der Waals surface area contributed by atoms with Gasteiger partial charge in [-0.1, -0.05) is 86.1 Å². The summed E-state index contributed by atoms with van der Waals surface area (Å²) in [5.41, 5.74) is 6.08. The summed E-state index contributed by atoms with van der Waals surface area (Å²) in [4.78, 5) is 25.9. The van der Waals surface area contributed by atoms with Crippen molar-refractivity contribution in [1.29, 1.82) is 0 Å². The van der Waals surface area contributed by atoms with Crippen LogP contribution in [0.5, 0.6) is 0 Å². The fourth-order valence-corrected chi connectivity index (χ4v) is 6.28. The summed E-state index contributed by atoms with van der Waals surface area (Å²) in [6.45, 7) is 8.89. The molecule has 0 bridgehead atoms. The van der Waals surface area contributed by atoms with Gasteiger partial charge in [-0.05, 0) is 40.7 Å². The van der Waals surface area contributed by atoms with Crippen LogP contribution in [-0.4, -0.2) is 67.3 Å². The van der Waals surface area contributed by atoms with Gasteiger partial charge in [-0.15, -0.1) is 0 Å². The Morgan fingerprint density at radius 2 is 1.60 bits per heavy atom. The number of rotatable bonds is 14. The molecule has 0 aromatic heterocycles. The summed E-state index contributed by atoms with van der Waals surface area (Å²) in [6.07, 6.45) is 2.31. The SMILES string of the molecule is CC(=O)NCCCCCC(=O)NCc1ccccc1-c1ccc([C@H]2O[C@@H](CN3CCOCC3)[C@@H](C)[C@@H](c3ccc(CO)cc3)O2)cc1. The Morgan fingerprint density at radius 3 is 2.32 bits per heavy atom. The molecule has 4 atom stereocenters. The van der Waals surface area contributed by atoms with Crippen molar-refractivity contribution in [3.8, 4) is 11.1 Å². The average molecular weight is 644 g/mol. The van der Waals surface area contributed by atoms with E-state index in [4.69, 9.17) is 14.2 Å². The van der Waals surface area contributed by atoms with Gasteiger partial charge in [0.2, 0.25) is 11.8 Å². The van der Waals surface area contributed by atoms with Crippen LogP contribution in [0.15, 0.2) is 72.8 Å². The minimum atomic E-state index is -0.526. The molecule has 2 heterocycles. The van der Waals surface area contributed by atoms with Crippen LogP contribution in [0, 0.1) is 5.92 Å². The summed E-state index contributed by atoms with van der Waals surface area (Å²) < 4.78 is 18.9. The van der Waals surface area contributed by atoms with Crippen molar-refractivity contribution in [1.82, 2.24) is 15.5 Å². The van der Waals surface area contributed by atoms with Crippen molar-refractivity contribution < 1.29 is 28.9 Å². The number of amides is 2. The molecule has 0 spiro atoms. The number of ether oxygens (including phenoxy) is 3. The lowest BCUT2D eigenvalue weighted by atomic mass is 9.90.